The van der Waals surface area contributed by atoms with Crippen molar-refractivity contribution < 1.29 is 18.9 Å². The first kappa shape index (κ1) is 16.5. The number of aromatic nitrogens is 4. The first-order chi connectivity index (χ1) is 12.2. The number of aromatic amines is 1. The topological polar surface area (TPSA) is 115 Å². The van der Waals surface area contributed by atoms with Crippen molar-refractivity contribution in [3.8, 4) is 22.9 Å². The number of nitrogens with one attached hydrogen (secondary N) is 2. The monoisotopic (exact) mass is 343 g/mol. The summed E-state index contributed by atoms with van der Waals surface area (Å²) in [6, 6.07) is 7.38. The zero-order valence-electron chi connectivity index (χ0n) is 13.8. The van der Waals surface area contributed by atoms with Gasteiger partial charge in [0.2, 0.25) is 0 Å². The zero-order chi connectivity index (χ0) is 17.6. The van der Waals surface area contributed by atoms with Crippen LogP contribution >= 0.6 is 0 Å². The molecule has 2 aromatic heterocycles. The standard InChI is InChI=1S/C16H17N5O4/c1-10-16(21-25-20-10)24-7-6-17-15(22)13-9-18-19-14(13)11-4-3-5-12(8-11)23-2/h3-5,8-9H,6-7H2,1-2H3,(H,17,22)(H,18,19). The summed E-state index contributed by atoms with van der Waals surface area (Å²) < 4.78 is 15.1. The lowest BCUT2D eigenvalue weighted by atomic mass is 10.1. The third-order valence-corrected chi connectivity index (χ3v) is 3.48. The van der Waals surface area contributed by atoms with Gasteiger partial charge >= 0.3 is 0 Å². The molecular formula is C16H17N5O4. The molecule has 0 atom stereocenters. The Labute approximate surface area is 143 Å². The Bertz CT molecular complexity index is 858. The number of rotatable bonds is 7. The van der Waals surface area contributed by atoms with E-state index in [1.54, 1.807) is 14.0 Å². The largest absolute Gasteiger partial charge is 0.497 e. The van der Waals surface area contributed by atoms with Gasteiger partial charge in [-0.1, -0.05) is 17.3 Å². The lowest BCUT2D eigenvalue weighted by Gasteiger charge is -2.07. The predicted octanol–water partition coefficient (Wildman–Crippen LogP) is 1.59. The van der Waals surface area contributed by atoms with Gasteiger partial charge in [0, 0.05) is 5.56 Å². The Morgan fingerprint density at radius 3 is 3.00 bits per heavy atom. The van der Waals surface area contributed by atoms with Gasteiger partial charge in [-0.05, 0) is 24.2 Å². The summed E-state index contributed by atoms with van der Waals surface area (Å²) in [6.07, 6.45) is 1.48. The van der Waals surface area contributed by atoms with Crippen LogP contribution in [0.1, 0.15) is 16.1 Å². The minimum Gasteiger partial charge on any atom is -0.497 e. The van der Waals surface area contributed by atoms with E-state index in [2.05, 4.69) is 30.5 Å². The average molecular weight is 343 g/mol. The Morgan fingerprint density at radius 2 is 2.24 bits per heavy atom. The fraction of sp³-hybridized carbons (Fsp3) is 0.250. The highest BCUT2D eigenvalue weighted by atomic mass is 16.6. The van der Waals surface area contributed by atoms with Crippen molar-refractivity contribution in [1.82, 2.24) is 25.8 Å². The van der Waals surface area contributed by atoms with Gasteiger partial charge in [-0.15, -0.1) is 0 Å². The number of carbonyl (C=O) groups is 1. The maximum atomic E-state index is 12.4. The van der Waals surface area contributed by atoms with Gasteiger partial charge in [0.05, 0.1) is 31.1 Å². The molecule has 0 saturated heterocycles. The van der Waals surface area contributed by atoms with Crippen LogP contribution in [0.25, 0.3) is 11.3 Å². The number of H-pyrrole nitrogens is 1. The number of benzene rings is 1. The Morgan fingerprint density at radius 1 is 1.36 bits per heavy atom. The predicted molar refractivity (Wildman–Crippen MR) is 87.4 cm³/mol. The van der Waals surface area contributed by atoms with Crippen molar-refractivity contribution in [2.45, 2.75) is 6.92 Å². The molecule has 0 bridgehead atoms. The second-order valence-corrected chi connectivity index (χ2v) is 5.15. The van der Waals surface area contributed by atoms with E-state index in [1.807, 2.05) is 24.3 Å². The summed E-state index contributed by atoms with van der Waals surface area (Å²) in [5, 5.41) is 16.8. The molecular weight excluding hydrogens is 326 g/mol. The van der Waals surface area contributed by atoms with E-state index in [-0.39, 0.29) is 12.5 Å². The van der Waals surface area contributed by atoms with Crippen molar-refractivity contribution in [2.24, 2.45) is 0 Å². The minimum absolute atomic E-state index is 0.243. The molecule has 9 nitrogen and oxygen atoms in total. The van der Waals surface area contributed by atoms with Gasteiger partial charge in [0.25, 0.3) is 11.8 Å². The summed E-state index contributed by atoms with van der Waals surface area (Å²) in [5.74, 6) is 0.753. The summed E-state index contributed by atoms with van der Waals surface area (Å²) in [4.78, 5) is 12.4. The van der Waals surface area contributed by atoms with Crippen molar-refractivity contribution in [3.63, 3.8) is 0 Å². The van der Waals surface area contributed by atoms with E-state index in [1.165, 1.54) is 6.20 Å². The summed E-state index contributed by atoms with van der Waals surface area (Å²) in [5.41, 5.74) is 2.42. The van der Waals surface area contributed by atoms with Gasteiger partial charge in [-0.2, -0.15) is 5.10 Å². The van der Waals surface area contributed by atoms with Crippen molar-refractivity contribution in [3.05, 3.63) is 41.7 Å². The molecule has 1 amide bonds. The van der Waals surface area contributed by atoms with Crippen LogP contribution in [0, 0.1) is 6.92 Å². The highest BCUT2D eigenvalue weighted by Crippen LogP contribution is 2.24. The van der Waals surface area contributed by atoms with E-state index < -0.39 is 0 Å². The molecule has 3 rings (SSSR count). The van der Waals surface area contributed by atoms with Crippen LogP contribution in [0.5, 0.6) is 11.6 Å². The summed E-state index contributed by atoms with van der Waals surface area (Å²) >= 11 is 0. The van der Waals surface area contributed by atoms with Crippen LogP contribution < -0.4 is 14.8 Å². The molecule has 0 aliphatic carbocycles. The fourth-order valence-corrected chi connectivity index (χ4v) is 2.22. The molecule has 130 valence electrons. The Kier molecular flexibility index (Phi) is 4.93. The molecule has 0 aliphatic heterocycles. The number of hydrogen-bond donors (Lipinski definition) is 2. The molecule has 0 fully saturated rings. The molecule has 0 unspecified atom stereocenters. The maximum absolute atomic E-state index is 12.4. The summed E-state index contributed by atoms with van der Waals surface area (Å²) in [7, 11) is 1.59. The van der Waals surface area contributed by atoms with Gasteiger partial charge < -0.3 is 14.8 Å². The number of ether oxygens (including phenoxy) is 2. The van der Waals surface area contributed by atoms with Gasteiger partial charge in [0.1, 0.15) is 18.1 Å². The smallest absolute Gasteiger partial charge is 0.278 e. The molecule has 0 saturated carbocycles. The van der Waals surface area contributed by atoms with Crippen molar-refractivity contribution >= 4 is 5.91 Å². The van der Waals surface area contributed by atoms with Crippen LogP contribution in [0.2, 0.25) is 0 Å². The number of hydrogen-bond acceptors (Lipinski definition) is 7. The first-order valence-corrected chi connectivity index (χ1v) is 7.57. The van der Waals surface area contributed by atoms with Crippen LogP contribution in [-0.4, -0.2) is 46.7 Å². The lowest BCUT2D eigenvalue weighted by molar-refractivity contribution is 0.0947. The van der Waals surface area contributed by atoms with Crippen molar-refractivity contribution in [2.75, 3.05) is 20.3 Å². The van der Waals surface area contributed by atoms with E-state index in [4.69, 9.17) is 9.47 Å². The third kappa shape index (κ3) is 3.77. The fourth-order valence-electron chi connectivity index (χ4n) is 2.22. The van der Waals surface area contributed by atoms with E-state index in [0.29, 0.717) is 35.1 Å². The Hall–Kier alpha value is -3.36. The van der Waals surface area contributed by atoms with E-state index >= 15 is 0 Å². The highest BCUT2D eigenvalue weighted by Gasteiger charge is 2.15. The number of carbonyl (C=O) groups excluding carboxylic acids is 1. The van der Waals surface area contributed by atoms with Crippen LogP contribution in [0.3, 0.4) is 0 Å². The van der Waals surface area contributed by atoms with Crippen LogP contribution in [0.15, 0.2) is 35.1 Å². The molecule has 3 aromatic rings. The average Bonchev–Trinajstić information content (AvgIpc) is 3.28. The lowest BCUT2D eigenvalue weighted by Crippen LogP contribution is -2.28. The first-order valence-electron chi connectivity index (χ1n) is 7.57. The maximum Gasteiger partial charge on any atom is 0.278 e. The second kappa shape index (κ2) is 7.47. The quantitative estimate of drug-likeness (QED) is 0.626. The molecule has 2 N–H and O–H groups in total. The number of amides is 1. The highest BCUT2D eigenvalue weighted by molar-refractivity contribution is 5.99. The SMILES string of the molecule is COc1cccc(-c2[nH]ncc2C(=O)NCCOc2nonc2C)c1. The minimum atomic E-state index is -0.259. The molecule has 0 radical (unpaired) electrons. The van der Waals surface area contributed by atoms with Crippen LogP contribution in [0.4, 0.5) is 0 Å². The van der Waals surface area contributed by atoms with E-state index in [0.717, 1.165) is 5.56 Å². The number of aryl methyl sites for hydroxylation is 1. The molecule has 9 heteroatoms. The normalized spacial score (nSPS) is 10.5. The molecule has 0 spiro atoms. The zero-order valence-corrected chi connectivity index (χ0v) is 13.8. The number of nitrogens with zero attached hydrogens (tertiary/aromatic N) is 3. The van der Waals surface area contributed by atoms with Crippen LogP contribution in [-0.2, 0) is 0 Å². The molecule has 0 aliphatic rings. The summed E-state index contributed by atoms with van der Waals surface area (Å²) in [6.45, 7) is 2.26. The molecule has 2 heterocycles. The molecule has 25 heavy (non-hydrogen) atoms. The van der Waals surface area contributed by atoms with Gasteiger partial charge in [-0.3, -0.25) is 9.89 Å². The Balaban J connectivity index is 1.61. The molecule has 1 aromatic carbocycles. The number of methoxy groups -OCH3 is 1. The van der Waals surface area contributed by atoms with Crippen molar-refractivity contribution in [1.29, 1.82) is 0 Å². The van der Waals surface area contributed by atoms with Gasteiger partial charge in [0.15, 0.2) is 0 Å². The van der Waals surface area contributed by atoms with E-state index in [9.17, 15) is 4.79 Å². The third-order valence-electron chi connectivity index (χ3n) is 3.48. The second-order valence-electron chi connectivity index (χ2n) is 5.15. The van der Waals surface area contributed by atoms with Gasteiger partial charge in [-0.25, -0.2) is 4.63 Å².